The Balaban J connectivity index is 1.85. The average Bonchev–Trinajstić information content (AvgIpc) is 3.06. The SMILES string of the molecule is CCc1c(-c2cc3cc(N)ncc3c(Cl)c2F)oc(=O)n1Cc1ccc(OC)cc1. The number of benzene rings is 2. The van der Waals surface area contributed by atoms with E-state index in [0.29, 0.717) is 22.9 Å². The quantitative estimate of drug-likeness (QED) is 0.501. The van der Waals surface area contributed by atoms with Gasteiger partial charge in [0.15, 0.2) is 11.6 Å². The average molecular weight is 428 g/mol. The molecule has 0 bridgehead atoms. The van der Waals surface area contributed by atoms with Gasteiger partial charge in [-0.2, -0.15) is 0 Å². The zero-order chi connectivity index (χ0) is 21.4. The number of methoxy groups -OCH3 is 1. The van der Waals surface area contributed by atoms with Crippen molar-refractivity contribution in [2.24, 2.45) is 0 Å². The Bertz CT molecular complexity index is 1300. The smallest absolute Gasteiger partial charge is 0.420 e. The van der Waals surface area contributed by atoms with Crippen molar-refractivity contribution in [2.45, 2.75) is 19.9 Å². The number of nitrogens with zero attached hydrogens (tertiary/aromatic N) is 2. The van der Waals surface area contributed by atoms with Crippen molar-refractivity contribution in [3.63, 3.8) is 0 Å². The summed E-state index contributed by atoms with van der Waals surface area (Å²) in [7, 11) is 1.59. The fraction of sp³-hybridized carbons (Fsp3) is 0.182. The number of anilines is 1. The van der Waals surface area contributed by atoms with Gasteiger partial charge in [-0.1, -0.05) is 30.7 Å². The Kier molecular flexibility index (Phi) is 5.22. The number of ether oxygens (including phenoxy) is 1. The summed E-state index contributed by atoms with van der Waals surface area (Å²) in [4.78, 5) is 16.6. The number of hydrogen-bond donors (Lipinski definition) is 1. The van der Waals surface area contributed by atoms with Crippen LogP contribution in [0.1, 0.15) is 18.2 Å². The third-order valence-corrected chi connectivity index (χ3v) is 5.37. The maximum atomic E-state index is 15.1. The molecule has 4 aromatic rings. The highest BCUT2D eigenvalue weighted by atomic mass is 35.5. The zero-order valence-electron chi connectivity index (χ0n) is 16.4. The summed E-state index contributed by atoms with van der Waals surface area (Å²) >= 11 is 6.24. The van der Waals surface area contributed by atoms with Gasteiger partial charge in [0, 0.05) is 11.6 Å². The monoisotopic (exact) mass is 427 g/mol. The van der Waals surface area contributed by atoms with Crippen LogP contribution in [0.25, 0.3) is 22.1 Å². The number of halogens is 2. The van der Waals surface area contributed by atoms with Crippen LogP contribution in [0.2, 0.25) is 5.02 Å². The third-order valence-electron chi connectivity index (χ3n) is 5.00. The summed E-state index contributed by atoms with van der Waals surface area (Å²) < 4.78 is 27.3. The second-order valence-electron chi connectivity index (χ2n) is 6.81. The highest BCUT2D eigenvalue weighted by Gasteiger charge is 2.23. The van der Waals surface area contributed by atoms with Crippen LogP contribution in [0.15, 0.2) is 51.8 Å². The van der Waals surface area contributed by atoms with Crippen molar-refractivity contribution < 1.29 is 13.5 Å². The molecule has 0 amide bonds. The third kappa shape index (κ3) is 3.41. The van der Waals surface area contributed by atoms with Gasteiger partial charge >= 0.3 is 5.76 Å². The van der Waals surface area contributed by atoms with E-state index in [1.807, 2.05) is 31.2 Å². The molecule has 8 heteroatoms. The van der Waals surface area contributed by atoms with Crippen LogP contribution in [-0.4, -0.2) is 16.7 Å². The first-order valence-corrected chi connectivity index (χ1v) is 9.69. The van der Waals surface area contributed by atoms with Crippen LogP contribution in [-0.2, 0) is 13.0 Å². The molecule has 0 spiro atoms. The molecule has 0 atom stereocenters. The Morgan fingerprint density at radius 3 is 2.67 bits per heavy atom. The lowest BCUT2D eigenvalue weighted by molar-refractivity contribution is 0.414. The van der Waals surface area contributed by atoms with Crippen molar-refractivity contribution in [1.82, 2.24) is 9.55 Å². The van der Waals surface area contributed by atoms with Crippen LogP contribution in [0.3, 0.4) is 0 Å². The topological polar surface area (TPSA) is 83.3 Å². The fourth-order valence-corrected chi connectivity index (χ4v) is 3.74. The molecule has 2 aromatic carbocycles. The van der Waals surface area contributed by atoms with Crippen molar-refractivity contribution >= 4 is 28.2 Å². The van der Waals surface area contributed by atoms with Gasteiger partial charge in [-0.3, -0.25) is 4.57 Å². The van der Waals surface area contributed by atoms with Crippen LogP contribution in [0.5, 0.6) is 5.75 Å². The van der Waals surface area contributed by atoms with Crippen LogP contribution in [0.4, 0.5) is 10.2 Å². The van der Waals surface area contributed by atoms with Gasteiger partial charge in [-0.25, -0.2) is 14.2 Å². The van der Waals surface area contributed by atoms with Gasteiger partial charge < -0.3 is 14.9 Å². The lowest BCUT2D eigenvalue weighted by atomic mass is 10.0. The lowest BCUT2D eigenvalue weighted by Crippen LogP contribution is -2.17. The Morgan fingerprint density at radius 1 is 1.27 bits per heavy atom. The maximum absolute atomic E-state index is 15.1. The predicted molar refractivity (Wildman–Crippen MR) is 115 cm³/mol. The molecule has 30 heavy (non-hydrogen) atoms. The van der Waals surface area contributed by atoms with Gasteiger partial charge in [0.05, 0.1) is 29.9 Å². The van der Waals surface area contributed by atoms with Crippen LogP contribution in [0, 0.1) is 5.82 Å². The zero-order valence-corrected chi connectivity index (χ0v) is 17.2. The first-order chi connectivity index (χ1) is 14.4. The minimum atomic E-state index is -0.671. The van der Waals surface area contributed by atoms with Gasteiger partial charge in [0.1, 0.15) is 11.6 Å². The second kappa shape index (κ2) is 7.84. The summed E-state index contributed by atoms with van der Waals surface area (Å²) in [6.07, 6.45) is 1.89. The molecule has 0 radical (unpaired) electrons. The van der Waals surface area contributed by atoms with E-state index in [2.05, 4.69) is 4.98 Å². The summed E-state index contributed by atoms with van der Waals surface area (Å²) in [5, 5.41) is 0.948. The second-order valence-corrected chi connectivity index (χ2v) is 7.19. The Morgan fingerprint density at radius 2 is 2.00 bits per heavy atom. The molecule has 0 saturated carbocycles. The highest BCUT2D eigenvalue weighted by Crippen LogP contribution is 2.36. The van der Waals surface area contributed by atoms with Crippen molar-refractivity contribution in [3.05, 3.63) is 75.2 Å². The number of aromatic nitrogens is 2. The van der Waals surface area contributed by atoms with E-state index in [-0.39, 0.29) is 28.7 Å². The van der Waals surface area contributed by atoms with Crippen molar-refractivity contribution in [3.8, 4) is 17.1 Å². The van der Waals surface area contributed by atoms with Gasteiger partial charge in [-0.05, 0) is 41.6 Å². The van der Waals surface area contributed by atoms with E-state index in [0.717, 1.165) is 11.3 Å². The van der Waals surface area contributed by atoms with E-state index in [1.165, 1.54) is 10.8 Å². The van der Waals surface area contributed by atoms with Gasteiger partial charge in [0.25, 0.3) is 0 Å². The van der Waals surface area contributed by atoms with Gasteiger partial charge in [-0.15, -0.1) is 0 Å². The number of fused-ring (bicyclic) bond motifs is 1. The van der Waals surface area contributed by atoms with Crippen molar-refractivity contribution in [1.29, 1.82) is 0 Å². The lowest BCUT2D eigenvalue weighted by Gasteiger charge is -2.10. The largest absolute Gasteiger partial charge is 0.497 e. The number of nitrogen functional groups attached to an aromatic ring is 1. The van der Waals surface area contributed by atoms with Gasteiger partial charge in [0.2, 0.25) is 0 Å². The van der Waals surface area contributed by atoms with E-state index >= 15 is 4.39 Å². The molecule has 0 aliphatic heterocycles. The number of nitrogens with two attached hydrogens (primary N) is 1. The van der Waals surface area contributed by atoms with Crippen LogP contribution < -0.4 is 16.2 Å². The maximum Gasteiger partial charge on any atom is 0.420 e. The number of rotatable bonds is 5. The van der Waals surface area contributed by atoms with E-state index in [9.17, 15) is 4.79 Å². The molecule has 0 aliphatic carbocycles. The minimum absolute atomic E-state index is 0.0948. The summed E-state index contributed by atoms with van der Waals surface area (Å²) in [6, 6.07) is 10.5. The minimum Gasteiger partial charge on any atom is -0.497 e. The molecule has 6 nitrogen and oxygen atoms in total. The highest BCUT2D eigenvalue weighted by molar-refractivity contribution is 6.36. The fourth-order valence-electron chi connectivity index (χ4n) is 3.48. The normalized spacial score (nSPS) is 11.2. The van der Waals surface area contributed by atoms with E-state index in [4.69, 9.17) is 26.5 Å². The van der Waals surface area contributed by atoms with Crippen LogP contribution >= 0.6 is 11.6 Å². The Hall–Kier alpha value is -3.32. The summed E-state index contributed by atoms with van der Waals surface area (Å²) in [5.41, 5.74) is 7.33. The Labute approximate surface area is 176 Å². The molecule has 4 rings (SSSR count). The molecular weight excluding hydrogens is 409 g/mol. The predicted octanol–water partition coefficient (Wildman–Crippen LogP) is 4.65. The number of pyridine rings is 1. The molecule has 0 aliphatic rings. The standard InChI is InChI=1S/C22H19ClFN3O3/c1-3-17-21(15-8-13-9-18(25)26-10-16(13)19(23)20(15)24)30-22(28)27(17)11-12-4-6-14(29-2)7-5-12/h4-10H,3,11H2,1-2H3,(H2,25,26). The first kappa shape index (κ1) is 20.0. The molecular formula is C22H19ClFN3O3. The molecule has 154 valence electrons. The van der Waals surface area contributed by atoms with E-state index in [1.54, 1.807) is 19.2 Å². The molecule has 2 aromatic heterocycles. The molecule has 0 saturated heterocycles. The molecule has 2 N–H and O–H groups in total. The molecule has 2 heterocycles. The molecule has 0 unspecified atom stereocenters. The summed E-state index contributed by atoms with van der Waals surface area (Å²) in [5.74, 6) is -0.0762. The first-order valence-electron chi connectivity index (χ1n) is 9.32. The summed E-state index contributed by atoms with van der Waals surface area (Å²) in [6.45, 7) is 2.16. The van der Waals surface area contributed by atoms with Crippen molar-refractivity contribution in [2.75, 3.05) is 12.8 Å². The number of hydrogen-bond acceptors (Lipinski definition) is 5. The molecule has 0 fully saturated rings. The van der Waals surface area contributed by atoms with E-state index < -0.39 is 11.6 Å². The number of oxazole rings is 1.